The predicted octanol–water partition coefficient (Wildman–Crippen LogP) is 3.63. The largest absolute Gasteiger partial charge is 0.277 e. The van der Waals surface area contributed by atoms with E-state index in [0.717, 1.165) is 35.7 Å². The van der Waals surface area contributed by atoms with Crippen LogP contribution < -0.4 is 0 Å². The number of hydrogen-bond donors (Lipinski definition) is 0. The molecule has 1 spiro atoms. The van der Waals surface area contributed by atoms with Crippen molar-refractivity contribution in [3.8, 4) is 0 Å². The molecule has 3 nitrogen and oxygen atoms in total. The van der Waals surface area contributed by atoms with Gasteiger partial charge in [-0.1, -0.05) is 36.0 Å². The van der Waals surface area contributed by atoms with Crippen molar-refractivity contribution in [1.82, 2.24) is 5.01 Å². The fraction of sp³-hybridized carbons (Fsp3) is 0.176. The molecule has 116 valence electrons. The molecule has 0 radical (unpaired) electrons. The standard InChI is InChI=1S/C17H12F2N2OS/c18-12-5-6-15(19)13(9-12)16-20-21(10-22)17(23-16)8-7-11-3-1-2-4-14(11)17/h1-6,9-10H,7-8H2. The number of rotatable bonds is 2. The molecular formula is C17H12F2N2OS. The van der Waals surface area contributed by atoms with Gasteiger partial charge < -0.3 is 0 Å². The molecule has 1 aliphatic heterocycles. The van der Waals surface area contributed by atoms with E-state index >= 15 is 0 Å². The van der Waals surface area contributed by atoms with Crippen molar-refractivity contribution in [3.63, 3.8) is 0 Å². The van der Waals surface area contributed by atoms with Gasteiger partial charge in [0.15, 0.2) is 0 Å². The third kappa shape index (κ3) is 2.09. The highest BCUT2D eigenvalue weighted by Gasteiger charge is 2.49. The minimum absolute atomic E-state index is 0.0862. The number of halogens is 2. The summed E-state index contributed by atoms with van der Waals surface area (Å²) in [6.07, 6.45) is 2.17. The Kier molecular flexibility index (Phi) is 3.23. The zero-order valence-corrected chi connectivity index (χ0v) is 12.8. The smallest absolute Gasteiger partial charge is 0.231 e. The second-order valence-electron chi connectivity index (χ2n) is 5.52. The topological polar surface area (TPSA) is 32.7 Å². The molecule has 2 aromatic rings. The molecular weight excluding hydrogens is 318 g/mol. The van der Waals surface area contributed by atoms with Crippen LogP contribution in [0.5, 0.6) is 0 Å². The van der Waals surface area contributed by atoms with E-state index in [4.69, 9.17) is 0 Å². The lowest BCUT2D eigenvalue weighted by Gasteiger charge is -2.29. The highest BCUT2D eigenvalue weighted by atomic mass is 32.2. The Morgan fingerprint density at radius 2 is 2.04 bits per heavy atom. The Hall–Kier alpha value is -2.21. The number of benzene rings is 2. The fourth-order valence-electron chi connectivity index (χ4n) is 3.19. The molecule has 2 aromatic carbocycles. The van der Waals surface area contributed by atoms with E-state index in [2.05, 4.69) is 5.10 Å². The third-order valence-corrected chi connectivity index (χ3v) is 5.71. The maximum atomic E-state index is 14.1. The number of carbonyl (C=O) groups is 1. The van der Waals surface area contributed by atoms with E-state index in [9.17, 15) is 13.6 Å². The summed E-state index contributed by atoms with van der Waals surface area (Å²) in [5.41, 5.74) is 2.25. The molecule has 1 aliphatic carbocycles. The first-order valence-electron chi connectivity index (χ1n) is 7.20. The number of amides is 1. The van der Waals surface area contributed by atoms with Crippen LogP contribution in [0.4, 0.5) is 8.78 Å². The summed E-state index contributed by atoms with van der Waals surface area (Å²) in [5.74, 6) is -1.08. The zero-order chi connectivity index (χ0) is 16.0. The summed E-state index contributed by atoms with van der Waals surface area (Å²) in [6, 6.07) is 11.1. The van der Waals surface area contributed by atoms with Crippen molar-refractivity contribution in [2.75, 3.05) is 0 Å². The van der Waals surface area contributed by atoms with Crippen LogP contribution in [0.2, 0.25) is 0 Å². The van der Waals surface area contributed by atoms with Gasteiger partial charge in [-0.3, -0.25) is 4.79 Å². The van der Waals surface area contributed by atoms with Crippen LogP contribution in [0.1, 0.15) is 23.1 Å². The molecule has 0 saturated heterocycles. The van der Waals surface area contributed by atoms with E-state index < -0.39 is 16.5 Å². The number of aryl methyl sites for hydroxylation is 1. The molecule has 0 bridgehead atoms. The fourth-order valence-corrected chi connectivity index (χ4v) is 4.59. The van der Waals surface area contributed by atoms with Crippen LogP contribution >= 0.6 is 11.8 Å². The van der Waals surface area contributed by atoms with Crippen molar-refractivity contribution in [2.45, 2.75) is 17.7 Å². The van der Waals surface area contributed by atoms with Crippen LogP contribution in [0.15, 0.2) is 47.6 Å². The lowest BCUT2D eigenvalue weighted by atomic mass is 10.1. The summed E-state index contributed by atoms with van der Waals surface area (Å²) < 4.78 is 27.5. The Labute approximate surface area is 136 Å². The first kappa shape index (κ1) is 14.4. The first-order chi connectivity index (χ1) is 11.1. The van der Waals surface area contributed by atoms with E-state index in [1.807, 2.05) is 24.3 Å². The number of hydrazone groups is 1. The molecule has 4 rings (SSSR count). The lowest BCUT2D eigenvalue weighted by Crippen LogP contribution is -2.34. The van der Waals surface area contributed by atoms with Gasteiger partial charge in [-0.25, -0.2) is 13.8 Å². The number of nitrogens with zero attached hydrogens (tertiary/aromatic N) is 2. The van der Waals surface area contributed by atoms with Crippen LogP contribution in [0.25, 0.3) is 0 Å². The van der Waals surface area contributed by atoms with Crippen molar-refractivity contribution >= 4 is 23.2 Å². The predicted molar refractivity (Wildman–Crippen MR) is 84.8 cm³/mol. The highest BCUT2D eigenvalue weighted by molar-refractivity contribution is 8.15. The van der Waals surface area contributed by atoms with Gasteiger partial charge in [-0.05, 0) is 42.2 Å². The molecule has 1 heterocycles. The van der Waals surface area contributed by atoms with Gasteiger partial charge in [0, 0.05) is 5.56 Å². The minimum Gasteiger partial charge on any atom is -0.277 e. The first-order valence-corrected chi connectivity index (χ1v) is 8.02. The van der Waals surface area contributed by atoms with Gasteiger partial charge in [0.1, 0.15) is 21.5 Å². The normalized spacial score (nSPS) is 22.3. The maximum absolute atomic E-state index is 14.1. The van der Waals surface area contributed by atoms with Gasteiger partial charge in [0.2, 0.25) is 6.41 Å². The SMILES string of the molecule is O=CN1N=C(c2cc(F)ccc2F)SC12CCc1ccccc12. The van der Waals surface area contributed by atoms with Crippen LogP contribution in [-0.4, -0.2) is 16.5 Å². The molecule has 6 heteroatoms. The van der Waals surface area contributed by atoms with Gasteiger partial charge in [-0.2, -0.15) is 5.10 Å². The summed E-state index contributed by atoms with van der Waals surface area (Å²) >= 11 is 1.31. The number of fused-ring (bicyclic) bond motifs is 2. The van der Waals surface area contributed by atoms with Gasteiger partial charge >= 0.3 is 0 Å². The average molecular weight is 330 g/mol. The zero-order valence-electron chi connectivity index (χ0n) is 12.0. The van der Waals surface area contributed by atoms with E-state index in [0.29, 0.717) is 17.9 Å². The molecule has 0 N–H and O–H groups in total. The van der Waals surface area contributed by atoms with Gasteiger partial charge in [0.05, 0.1) is 0 Å². The van der Waals surface area contributed by atoms with Crippen molar-refractivity contribution in [3.05, 3.63) is 70.8 Å². The number of thioether (sulfide) groups is 1. The van der Waals surface area contributed by atoms with Gasteiger partial charge in [0.25, 0.3) is 0 Å². The van der Waals surface area contributed by atoms with Crippen molar-refractivity contribution in [1.29, 1.82) is 0 Å². The Morgan fingerprint density at radius 1 is 1.22 bits per heavy atom. The number of hydrogen-bond acceptors (Lipinski definition) is 3. The molecule has 1 unspecified atom stereocenters. The molecule has 0 fully saturated rings. The van der Waals surface area contributed by atoms with Crippen LogP contribution in [-0.2, 0) is 16.1 Å². The minimum atomic E-state index is -0.660. The van der Waals surface area contributed by atoms with Crippen LogP contribution in [0, 0.1) is 11.6 Å². The highest BCUT2D eigenvalue weighted by Crippen LogP contribution is 2.54. The lowest BCUT2D eigenvalue weighted by molar-refractivity contribution is -0.121. The summed E-state index contributed by atoms with van der Waals surface area (Å²) in [7, 11) is 0. The third-order valence-electron chi connectivity index (χ3n) is 4.26. The van der Waals surface area contributed by atoms with E-state index in [1.54, 1.807) is 0 Å². The monoisotopic (exact) mass is 330 g/mol. The van der Waals surface area contributed by atoms with Crippen molar-refractivity contribution in [2.24, 2.45) is 5.10 Å². The van der Waals surface area contributed by atoms with E-state index in [-0.39, 0.29) is 5.56 Å². The Bertz CT molecular complexity index is 839. The average Bonchev–Trinajstić information content (AvgIpc) is 3.13. The molecule has 1 atom stereocenters. The van der Waals surface area contributed by atoms with Crippen LogP contribution in [0.3, 0.4) is 0 Å². The number of carbonyl (C=O) groups excluding carboxylic acids is 1. The molecule has 23 heavy (non-hydrogen) atoms. The molecule has 0 saturated carbocycles. The summed E-state index contributed by atoms with van der Waals surface area (Å²) in [5, 5.41) is 5.91. The van der Waals surface area contributed by atoms with E-state index in [1.165, 1.54) is 16.8 Å². The quantitative estimate of drug-likeness (QED) is 0.788. The second-order valence-corrected chi connectivity index (χ2v) is 6.79. The van der Waals surface area contributed by atoms with Crippen molar-refractivity contribution < 1.29 is 13.6 Å². The maximum Gasteiger partial charge on any atom is 0.231 e. The molecule has 1 amide bonds. The van der Waals surface area contributed by atoms with Gasteiger partial charge in [-0.15, -0.1) is 0 Å². The summed E-state index contributed by atoms with van der Waals surface area (Å²) in [6.45, 7) is 0. The second kappa shape index (κ2) is 5.16. The molecule has 0 aromatic heterocycles. The summed E-state index contributed by atoms with van der Waals surface area (Å²) in [4.78, 5) is 10.9. The Morgan fingerprint density at radius 3 is 2.87 bits per heavy atom. The molecule has 2 aliphatic rings. The Balaban J connectivity index is 1.80.